The number of aliphatic carboxylic acids is 1. The first-order valence-electron chi connectivity index (χ1n) is 6.06. The predicted octanol–water partition coefficient (Wildman–Crippen LogP) is 2.29. The second-order valence-corrected chi connectivity index (χ2v) is 5.79. The van der Waals surface area contributed by atoms with Crippen LogP contribution in [-0.4, -0.2) is 33.6 Å². The number of rotatable bonds is 2. The highest BCUT2D eigenvalue weighted by Gasteiger charge is 2.32. The lowest BCUT2D eigenvalue weighted by atomic mass is 10.2. The summed E-state index contributed by atoms with van der Waals surface area (Å²) < 4.78 is 1.09. The van der Waals surface area contributed by atoms with Crippen molar-refractivity contribution in [3.05, 3.63) is 28.1 Å². The highest BCUT2D eigenvalue weighted by atomic mass is 127. The number of carbonyl (C=O) groups is 1. The Labute approximate surface area is 123 Å². The largest absolute Gasteiger partial charge is 0.480 e. The first-order chi connectivity index (χ1) is 9.16. The van der Waals surface area contributed by atoms with Gasteiger partial charge in [0.25, 0.3) is 0 Å². The van der Waals surface area contributed by atoms with Crippen molar-refractivity contribution in [3.63, 3.8) is 0 Å². The molecule has 6 heteroatoms. The Morgan fingerprint density at radius 3 is 3.05 bits per heavy atom. The smallest absolute Gasteiger partial charge is 0.326 e. The van der Waals surface area contributed by atoms with E-state index in [0.717, 1.165) is 33.3 Å². The Morgan fingerprint density at radius 1 is 1.42 bits per heavy atom. The number of hydrogen-bond donors (Lipinski definition) is 1. The first-order valence-corrected chi connectivity index (χ1v) is 7.14. The molecule has 0 spiro atoms. The zero-order chi connectivity index (χ0) is 13.4. The topological polar surface area (TPSA) is 66.3 Å². The molecule has 1 aliphatic rings. The van der Waals surface area contributed by atoms with Gasteiger partial charge < -0.3 is 10.0 Å². The molecule has 98 valence electrons. The molecule has 1 aliphatic heterocycles. The van der Waals surface area contributed by atoms with Gasteiger partial charge in [0.2, 0.25) is 0 Å². The lowest BCUT2D eigenvalue weighted by molar-refractivity contribution is -0.138. The summed E-state index contributed by atoms with van der Waals surface area (Å²) >= 11 is 2.24. The summed E-state index contributed by atoms with van der Waals surface area (Å²) in [5.41, 5.74) is 0.849. The number of carboxylic acids is 1. The summed E-state index contributed by atoms with van der Waals surface area (Å²) in [7, 11) is 0. The summed E-state index contributed by atoms with van der Waals surface area (Å²) in [4.78, 5) is 21.7. The zero-order valence-corrected chi connectivity index (χ0v) is 12.2. The van der Waals surface area contributed by atoms with Crippen LogP contribution in [0.5, 0.6) is 0 Å². The van der Waals surface area contributed by atoms with Gasteiger partial charge in [0.1, 0.15) is 18.2 Å². The minimum Gasteiger partial charge on any atom is -0.480 e. The number of hydrogen-bond acceptors (Lipinski definition) is 4. The van der Waals surface area contributed by atoms with E-state index in [4.69, 9.17) is 0 Å². The third-order valence-electron chi connectivity index (χ3n) is 3.39. The van der Waals surface area contributed by atoms with E-state index in [1.54, 1.807) is 0 Å². The quantitative estimate of drug-likeness (QED) is 0.823. The molecule has 1 aromatic heterocycles. The number of aromatic nitrogens is 2. The van der Waals surface area contributed by atoms with Crippen LogP contribution < -0.4 is 4.90 Å². The molecule has 3 rings (SSSR count). The van der Waals surface area contributed by atoms with Gasteiger partial charge in [-0.3, -0.25) is 0 Å². The van der Waals surface area contributed by atoms with Gasteiger partial charge in [-0.15, -0.1) is 0 Å². The minimum absolute atomic E-state index is 0.476. The van der Waals surface area contributed by atoms with Crippen LogP contribution >= 0.6 is 22.6 Å². The normalized spacial score (nSPS) is 19.0. The molecular formula is C13H12IN3O2. The summed E-state index contributed by atoms with van der Waals surface area (Å²) in [5.74, 6) is -0.0525. The van der Waals surface area contributed by atoms with Crippen LogP contribution in [0.25, 0.3) is 10.9 Å². The van der Waals surface area contributed by atoms with E-state index in [2.05, 4.69) is 32.6 Å². The van der Waals surface area contributed by atoms with Gasteiger partial charge in [-0.05, 0) is 53.6 Å². The van der Waals surface area contributed by atoms with Gasteiger partial charge in [-0.2, -0.15) is 0 Å². The molecule has 0 aliphatic carbocycles. The second-order valence-electron chi connectivity index (χ2n) is 4.55. The summed E-state index contributed by atoms with van der Waals surface area (Å²) in [6.45, 7) is 0.731. The summed E-state index contributed by atoms with van der Waals surface area (Å²) in [5, 5.41) is 10.2. The van der Waals surface area contributed by atoms with Crippen molar-refractivity contribution in [1.29, 1.82) is 0 Å². The number of carboxylic acid groups (broad SMARTS) is 1. The van der Waals surface area contributed by atoms with E-state index in [1.165, 1.54) is 6.33 Å². The van der Waals surface area contributed by atoms with Crippen molar-refractivity contribution in [2.24, 2.45) is 0 Å². The van der Waals surface area contributed by atoms with E-state index in [-0.39, 0.29) is 0 Å². The second kappa shape index (κ2) is 4.92. The Balaban J connectivity index is 2.14. The molecule has 2 aromatic rings. The number of fused-ring (bicyclic) bond motifs is 1. The van der Waals surface area contributed by atoms with Gasteiger partial charge in [-0.1, -0.05) is 0 Å². The van der Waals surface area contributed by atoms with Crippen molar-refractivity contribution in [2.75, 3.05) is 11.4 Å². The Hall–Kier alpha value is -1.44. The molecule has 1 aromatic carbocycles. The molecule has 19 heavy (non-hydrogen) atoms. The molecule has 1 unspecified atom stereocenters. The van der Waals surface area contributed by atoms with Gasteiger partial charge in [0.15, 0.2) is 0 Å². The molecular weight excluding hydrogens is 357 g/mol. The van der Waals surface area contributed by atoms with Gasteiger partial charge >= 0.3 is 5.97 Å². The lowest BCUT2D eigenvalue weighted by Crippen LogP contribution is -2.36. The summed E-state index contributed by atoms with van der Waals surface area (Å²) in [6.07, 6.45) is 3.05. The molecule has 0 radical (unpaired) electrons. The van der Waals surface area contributed by atoms with Gasteiger partial charge in [-0.25, -0.2) is 14.8 Å². The Bertz CT molecular complexity index is 647. The Morgan fingerprint density at radius 2 is 2.26 bits per heavy atom. The molecule has 5 nitrogen and oxygen atoms in total. The van der Waals surface area contributed by atoms with Gasteiger partial charge in [0.05, 0.1) is 5.52 Å². The van der Waals surface area contributed by atoms with Crippen molar-refractivity contribution >= 4 is 45.3 Å². The van der Waals surface area contributed by atoms with E-state index >= 15 is 0 Å². The van der Waals surface area contributed by atoms with Gasteiger partial charge in [0, 0.05) is 15.5 Å². The molecule has 0 saturated carbocycles. The summed E-state index contributed by atoms with van der Waals surface area (Å²) in [6, 6.07) is 5.45. The van der Waals surface area contributed by atoms with Crippen LogP contribution in [0.3, 0.4) is 0 Å². The average Bonchev–Trinajstić information content (AvgIpc) is 2.87. The SMILES string of the molecule is O=C(O)C1CCCN1c1ncnc2ccc(I)cc12. The highest BCUT2D eigenvalue weighted by Crippen LogP contribution is 2.30. The number of halogens is 1. The minimum atomic E-state index is -0.783. The zero-order valence-electron chi connectivity index (χ0n) is 10.1. The molecule has 0 bridgehead atoms. The van der Waals surface area contributed by atoms with Crippen LogP contribution in [0.1, 0.15) is 12.8 Å². The maximum Gasteiger partial charge on any atom is 0.326 e. The molecule has 1 N–H and O–H groups in total. The molecule has 0 amide bonds. The van der Waals surface area contributed by atoms with Crippen LogP contribution in [0, 0.1) is 3.57 Å². The fourth-order valence-electron chi connectivity index (χ4n) is 2.52. The highest BCUT2D eigenvalue weighted by molar-refractivity contribution is 14.1. The van der Waals surface area contributed by atoms with Crippen molar-refractivity contribution in [1.82, 2.24) is 9.97 Å². The van der Waals surface area contributed by atoms with Crippen molar-refractivity contribution in [3.8, 4) is 0 Å². The molecule has 1 atom stereocenters. The third kappa shape index (κ3) is 2.24. The predicted molar refractivity (Wildman–Crippen MR) is 80.3 cm³/mol. The molecule has 1 fully saturated rings. The van der Waals surface area contributed by atoms with Crippen molar-refractivity contribution < 1.29 is 9.90 Å². The lowest BCUT2D eigenvalue weighted by Gasteiger charge is -2.23. The molecule has 2 heterocycles. The maximum absolute atomic E-state index is 11.3. The van der Waals surface area contributed by atoms with Crippen LogP contribution in [0.2, 0.25) is 0 Å². The van der Waals surface area contributed by atoms with E-state index in [1.807, 2.05) is 23.1 Å². The number of benzene rings is 1. The average molecular weight is 369 g/mol. The monoisotopic (exact) mass is 369 g/mol. The number of anilines is 1. The Kier molecular flexibility index (Phi) is 3.26. The maximum atomic E-state index is 11.3. The molecule has 1 saturated heterocycles. The van der Waals surface area contributed by atoms with E-state index in [9.17, 15) is 9.90 Å². The van der Waals surface area contributed by atoms with E-state index < -0.39 is 12.0 Å². The fraction of sp³-hybridized carbons (Fsp3) is 0.308. The van der Waals surface area contributed by atoms with Crippen LogP contribution in [0.4, 0.5) is 5.82 Å². The van der Waals surface area contributed by atoms with E-state index in [0.29, 0.717) is 6.42 Å². The van der Waals surface area contributed by atoms with Crippen molar-refractivity contribution in [2.45, 2.75) is 18.9 Å². The first kappa shape index (κ1) is 12.6. The standard InChI is InChI=1S/C13H12IN3O2/c14-8-3-4-10-9(6-8)12(16-7-15-10)17-5-1-2-11(17)13(18)19/h3-4,6-7,11H,1-2,5H2,(H,18,19). The third-order valence-corrected chi connectivity index (χ3v) is 4.06. The van der Waals surface area contributed by atoms with Crippen LogP contribution in [0.15, 0.2) is 24.5 Å². The number of nitrogens with zero attached hydrogens (tertiary/aromatic N) is 3. The fourth-order valence-corrected chi connectivity index (χ4v) is 3.01. The van der Waals surface area contributed by atoms with Crippen LogP contribution in [-0.2, 0) is 4.79 Å².